The lowest BCUT2D eigenvalue weighted by atomic mass is 9.95. The molecule has 1 heterocycles. The molecule has 0 saturated carbocycles. The van der Waals surface area contributed by atoms with Crippen molar-refractivity contribution in [2.24, 2.45) is 11.8 Å². The molecular weight excluding hydrogens is 208 g/mol. The molecule has 2 nitrogen and oxygen atoms in total. The zero-order valence-corrected chi connectivity index (χ0v) is 10.7. The second kappa shape index (κ2) is 5.33. The minimum absolute atomic E-state index is 0.746. The maximum absolute atomic E-state index is 8.75. The largest absolute Gasteiger partial charge is 0.299 e. The molecule has 2 heteroatoms. The molecule has 0 amide bonds. The lowest BCUT2D eigenvalue weighted by Gasteiger charge is -2.17. The summed E-state index contributed by atoms with van der Waals surface area (Å²) in [6.07, 6.45) is 1.33. The van der Waals surface area contributed by atoms with E-state index in [2.05, 4.69) is 36.9 Å². The Morgan fingerprint density at radius 2 is 2.06 bits per heavy atom. The van der Waals surface area contributed by atoms with Crippen LogP contribution in [-0.2, 0) is 6.54 Å². The molecule has 1 aromatic carbocycles. The Balaban J connectivity index is 1.91. The fraction of sp³-hybridized carbons (Fsp3) is 0.533. The molecular formula is C15H20N2. The first kappa shape index (κ1) is 12.1. The van der Waals surface area contributed by atoms with E-state index in [1.165, 1.54) is 25.1 Å². The fourth-order valence-electron chi connectivity index (χ4n) is 2.49. The molecule has 1 fully saturated rings. The molecule has 0 spiro atoms. The highest BCUT2D eigenvalue weighted by atomic mass is 15.1. The van der Waals surface area contributed by atoms with E-state index in [4.69, 9.17) is 5.26 Å². The summed E-state index contributed by atoms with van der Waals surface area (Å²) in [5.41, 5.74) is 2.06. The number of likely N-dealkylation sites (tertiary alicyclic amines) is 1. The molecule has 1 saturated heterocycles. The molecule has 1 aliphatic rings. The van der Waals surface area contributed by atoms with Crippen LogP contribution in [0.3, 0.4) is 0 Å². The van der Waals surface area contributed by atoms with Crippen LogP contribution in [0.5, 0.6) is 0 Å². The van der Waals surface area contributed by atoms with Gasteiger partial charge in [0.05, 0.1) is 11.6 Å². The maximum atomic E-state index is 8.75. The van der Waals surface area contributed by atoms with Crippen molar-refractivity contribution in [1.29, 1.82) is 5.26 Å². The summed E-state index contributed by atoms with van der Waals surface area (Å²) in [5.74, 6) is 1.65. The normalized spacial score (nSPS) is 20.7. The van der Waals surface area contributed by atoms with Gasteiger partial charge in [-0.2, -0.15) is 5.26 Å². The van der Waals surface area contributed by atoms with Crippen LogP contribution in [0.1, 0.15) is 31.4 Å². The molecule has 90 valence electrons. The van der Waals surface area contributed by atoms with E-state index >= 15 is 0 Å². The minimum Gasteiger partial charge on any atom is -0.299 e. The SMILES string of the molecule is CC(C)[C@@H]1CCN(Cc2ccc(C#N)cc2)C1. The molecule has 0 radical (unpaired) electrons. The smallest absolute Gasteiger partial charge is 0.0991 e. The minimum atomic E-state index is 0.746. The summed E-state index contributed by atoms with van der Waals surface area (Å²) in [4.78, 5) is 2.52. The van der Waals surface area contributed by atoms with Gasteiger partial charge < -0.3 is 0 Å². The van der Waals surface area contributed by atoms with Gasteiger partial charge in [0.25, 0.3) is 0 Å². The highest BCUT2D eigenvalue weighted by Gasteiger charge is 2.24. The van der Waals surface area contributed by atoms with Crippen molar-refractivity contribution in [1.82, 2.24) is 4.90 Å². The second-order valence-electron chi connectivity index (χ2n) is 5.34. The lowest BCUT2D eigenvalue weighted by molar-refractivity contribution is 0.297. The Bertz CT molecular complexity index is 400. The zero-order valence-electron chi connectivity index (χ0n) is 10.7. The van der Waals surface area contributed by atoms with Crippen LogP contribution in [0.2, 0.25) is 0 Å². The van der Waals surface area contributed by atoms with Gasteiger partial charge in [0, 0.05) is 13.1 Å². The zero-order chi connectivity index (χ0) is 12.3. The molecule has 0 N–H and O–H groups in total. The van der Waals surface area contributed by atoms with Gasteiger partial charge in [-0.25, -0.2) is 0 Å². The highest BCUT2D eigenvalue weighted by Crippen LogP contribution is 2.24. The quantitative estimate of drug-likeness (QED) is 0.795. The van der Waals surface area contributed by atoms with E-state index in [-0.39, 0.29) is 0 Å². The predicted octanol–water partition coefficient (Wildman–Crippen LogP) is 3.04. The molecule has 1 aliphatic heterocycles. The monoisotopic (exact) mass is 228 g/mol. The summed E-state index contributed by atoms with van der Waals surface area (Å²) in [7, 11) is 0. The molecule has 2 rings (SSSR count). The summed E-state index contributed by atoms with van der Waals surface area (Å²) in [6.45, 7) is 8.08. The molecule has 0 aliphatic carbocycles. The van der Waals surface area contributed by atoms with Crippen molar-refractivity contribution >= 4 is 0 Å². The Kier molecular flexibility index (Phi) is 3.81. The van der Waals surface area contributed by atoms with E-state index in [0.717, 1.165) is 23.9 Å². The van der Waals surface area contributed by atoms with Crippen LogP contribution in [0, 0.1) is 23.2 Å². The van der Waals surface area contributed by atoms with Gasteiger partial charge in [-0.05, 0) is 42.5 Å². The van der Waals surface area contributed by atoms with E-state index in [9.17, 15) is 0 Å². The van der Waals surface area contributed by atoms with Crippen molar-refractivity contribution < 1.29 is 0 Å². The van der Waals surface area contributed by atoms with Crippen molar-refractivity contribution in [3.8, 4) is 6.07 Å². The predicted molar refractivity (Wildman–Crippen MR) is 69.4 cm³/mol. The average molecular weight is 228 g/mol. The lowest BCUT2D eigenvalue weighted by Crippen LogP contribution is -2.21. The van der Waals surface area contributed by atoms with E-state index in [1.807, 2.05) is 12.1 Å². The Morgan fingerprint density at radius 1 is 1.35 bits per heavy atom. The van der Waals surface area contributed by atoms with Gasteiger partial charge in [-0.1, -0.05) is 26.0 Å². The second-order valence-corrected chi connectivity index (χ2v) is 5.34. The molecule has 17 heavy (non-hydrogen) atoms. The van der Waals surface area contributed by atoms with Crippen LogP contribution in [0.15, 0.2) is 24.3 Å². The Labute approximate surface area is 104 Å². The third-order valence-corrected chi connectivity index (χ3v) is 3.74. The van der Waals surface area contributed by atoms with E-state index in [1.54, 1.807) is 0 Å². The molecule has 1 atom stereocenters. The van der Waals surface area contributed by atoms with Crippen molar-refractivity contribution in [3.63, 3.8) is 0 Å². The van der Waals surface area contributed by atoms with Crippen LogP contribution in [-0.4, -0.2) is 18.0 Å². The van der Waals surface area contributed by atoms with Crippen LogP contribution >= 0.6 is 0 Å². The average Bonchev–Trinajstić information content (AvgIpc) is 2.79. The number of nitriles is 1. The third kappa shape index (κ3) is 3.08. The highest BCUT2D eigenvalue weighted by molar-refractivity contribution is 5.31. The van der Waals surface area contributed by atoms with Crippen LogP contribution in [0.4, 0.5) is 0 Å². The maximum Gasteiger partial charge on any atom is 0.0991 e. The van der Waals surface area contributed by atoms with Crippen molar-refractivity contribution in [3.05, 3.63) is 35.4 Å². The number of benzene rings is 1. The van der Waals surface area contributed by atoms with Gasteiger partial charge in [-0.3, -0.25) is 4.90 Å². The van der Waals surface area contributed by atoms with Gasteiger partial charge in [0.1, 0.15) is 0 Å². The number of rotatable bonds is 3. The Hall–Kier alpha value is -1.33. The van der Waals surface area contributed by atoms with Crippen LogP contribution < -0.4 is 0 Å². The standard InChI is InChI=1S/C15H20N2/c1-12(2)15-7-8-17(11-15)10-14-5-3-13(9-16)4-6-14/h3-6,12,15H,7-8,10-11H2,1-2H3/t15-/m1/s1. The molecule has 0 unspecified atom stereocenters. The summed E-state index contributed by atoms with van der Waals surface area (Å²) in [5, 5.41) is 8.75. The van der Waals surface area contributed by atoms with Crippen molar-refractivity contribution in [2.45, 2.75) is 26.8 Å². The number of hydrogen-bond acceptors (Lipinski definition) is 2. The first-order valence-corrected chi connectivity index (χ1v) is 6.40. The third-order valence-electron chi connectivity index (χ3n) is 3.74. The van der Waals surface area contributed by atoms with Gasteiger partial charge in [0.15, 0.2) is 0 Å². The van der Waals surface area contributed by atoms with Gasteiger partial charge >= 0.3 is 0 Å². The van der Waals surface area contributed by atoms with E-state index < -0.39 is 0 Å². The van der Waals surface area contributed by atoms with Gasteiger partial charge in [0.2, 0.25) is 0 Å². The molecule has 1 aromatic rings. The fourth-order valence-corrected chi connectivity index (χ4v) is 2.49. The number of nitrogens with zero attached hydrogens (tertiary/aromatic N) is 2. The topological polar surface area (TPSA) is 27.0 Å². The number of hydrogen-bond donors (Lipinski definition) is 0. The summed E-state index contributed by atoms with van der Waals surface area (Å²) < 4.78 is 0. The van der Waals surface area contributed by atoms with E-state index in [0.29, 0.717) is 0 Å². The first-order chi connectivity index (χ1) is 8.19. The molecule has 0 bridgehead atoms. The van der Waals surface area contributed by atoms with Crippen LogP contribution in [0.25, 0.3) is 0 Å². The molecule has 0 aromatic heterocycles. The summed E-state index contributed by atoms with van der Waals surface area (Å²) in [6, 6.07) is 10.1. The van der Waals surface area contributed by atoms with Gasteiger partial charge in [-0.15, -0.1) is 0 Å². The summed E-state index contributed by atoms with van der Waals surface area (Å²) >= 11 is 0. The first-order valence-electron chi connectivity index (χ1n) is 6.40. The van der Waals surface area contributed by atoms with Crippen molar-refractivity contribution in [2.75, 3.05) is 13.1 Å². The Morgan fingerprint density at radius 3 is 2.59 bits per heavy atom.